The van der Waals surface area contributed by atoms with E-state index in [2.05, 4.69) is 46.0 Å². The second-order valence-electron chi connectivity index (χ2n) is 7.75. The summed E-state index contributed by atoms with van der Waals surface area (Å²) in [6.45, 7) is 9.20. The van der Waals surface area contributed by atoms with Crippen molar-refractivity contribution >= 4 is 0 Å². The summed E-state index contributed by atoms with van der Waals surface area (Å²) in [6.07, 6.45) is 5.81. The SMILES string of the molecule is Cc1[nH]c(-c2ccccc2)nc1CN1CCN(CC2CCCC2)CC1. The predicted molar refractivity (Wildman–Crippen MR) is 102 cm³/mol. The third-order valence-corrected chi connectivity index (χ3v) is 5.86. The van der Waals surface area contributed by atoms with Crippen LogP contribution in [-0.2, 0) is 6.54 Å². The fourth-order valence-electron chi connectivity index (χ4n) is 4.28. The highest BCUT2D eigenvalue weighted by atomic mass is 15.3. The van der Waals surface area contributed by atoms with Crippen LogP contribution in [-0.4, -0.2) is 52.5 Å². The van der Waals surface area contributed by atoms with Gasteiger partial charge in [0.25, 0.3) is 0 Å². The maximum atomic E-state index is 4.87. The van der Waals surface area contributed by atoms with Gasteiger partial charge in [-0.15, -0.1) is 0 Å². The Morgan fingerprint density at radius 2 is 1.68 bits per heavy atom. The summed E-state index contributed by atoms with van der Waals surface area (Å²) in [5.74, 6) is 1.96. The molecule has 1 N–H and O–H groups in total. The van der Waals surface area contributed by atoms with Gasteiger partial charge in [0.2, 0.25) is 0 Å². The van der Waals surface area contributed by atoms with Gasteiger partial charge >= 0.3 is 0 Å². The Morgan fingerprint density at radius 1 is 1.00 bits per heavy atom. The number of H-pyrrole nitrogens is 1. The van der Waals surface area contributed by atoms with Gasteiger partial charge in [0, 0.05) is 50.5 Å². The number of nitrogens with one attached hydrogen (secondary N) is 1. The van der Waals surface area contributed by atoms with Crippen LogP contribution in [0.2, 0.25) is 0 Å². The first-order chi connectivity index (χ1) is 12.3. The Kier molecular flexibility index (Phi) is 5.18. The normalized spacial score (nSPS) is 20.4. The lowest BCUT2D eigenvalue weighted by Gasteiger charge is -2.35. The van der Waals surface area contributed by atoms with Crippen LogP contribution >= 0.6 is 0 Å². The molecular formula is C21H30N4. The molecule has 0 radical (unpaired) electrons. The Bertz CT molecular complexity index is 664. The number of hydrogen-bond acceptors (Lipinski definition) is 3. The van der Waals surface area contributed by atoms with E-state index >= 15 is 0 Å². The molecule has 1 aromatic heterocycles. The van der Waals surface area contributed by atoms with Gasteiger partial charge in [-0.1, -0.05) is 43.2 Å². The highest BCUT2D eigenvalue weighted by Crippen LogP contribution is 2.26. The Hall–Kier alpha value is -1.65. The molecule has 1 saturated heterocycles. The van der Waals surface area contributed by atoms with E-state index in [1.807, 2.05) is 6.07 Å². The highest BCUT2D eigenvalue weighted by molar-refractivity contribution is 5.55. The van der Waals surface area contributed by atoms with Crippen molar-refractivity contribution in [2.75, 3.05) is 32.7 Å². The van der Waals surface area contributed by atoms with Gasteiger partial charge in [0.1, 0.15) is 5.82 Å². The minimum absolute atomic E-state index is 0.965. The molecule has 4 rings (SSSR count). The van der Waals surface area contributed by atoms with Crippen molar-refractivity contribution in [3.8, 4) is 11.4 Å². The van der Waals surface area contributed by atoms with Gasteiger partial charge in [-0.2, -0.15) is 0 Å². The minimum atomic E-state index is 0.965. The first-order valence-electron chi connectivity index (χ1n) is 9.83. The maximum Gasteiger partial charge on any atom is 0.137 e. The van der Waals surface area contributed by atoms with Crippen molar-refractivity contribution in [3.05, 3.63) is 41.7 Å². The van der Waals surface area contributed by atoms with Gasteiger partial charge < -0.3 is 9.88 Å². The summed E-state index contributed by atoms with van der Waals surface area (Å²) < 4.78 is 0. The van der Waals surface area contributed by atoms with Crippen LogP contribution < -0.4 is 0 Å². The number of imidazole rings is 1. The van der Waals surface area contributed by atoms with E-state index in [1.54, 1.807) is 0 Å². The molecule has 0 spiro atoms. The number of nitrogens with zero attached hydrogens (tertiary/aromatic N) is 3. The van der Waals surface area contributed by atoms with Crippen LogP contribution in [0.3, 0.4) is 0 Å². The van der Waals surface area contributed by atoms with Crippen LogP contribution in [0.1, 0.15) is 37.1 Å². The standard InChI is InChI=1S/C21H30N4/c1-17-20(23-21(22-17)19-9-3-2-4-10-19)16-25-13-11-24(12-14-25)15-18-7-5-6-8-18/h2-4,9-10,18H,5-8,11-16H2,1H3,(H,22,23). The van der Waals surface area contributed by atoms with Crippen molar-refractivity contribution in [2.45, 2.75) is 39.2 Å². The summed E-state index contributed by atoms with van der Waals surface area (Å²) in [5, 5.41) is 0. The molecule has 1 saturated carbocycles. The Labute approximate surface area is 151 Å². The molecule has 1 aliphatic heterocycles. The molecule has 4 heteroatoms. The fraction of sp³-hybridized carbons (Fsp3) is 0.571. The Morgan fingerprint density at radius 3 is 2.40 bits per heavy atom. The molecule has 1 aliphatic carbocycles. The molecule has 1 aromatic carbocycles. The van der Waals surface area contributed by atoms with E-state index in [4.69, 9.17) is 4.98 Å². The maximum absolute atomic E-state index is 4.87. The third-order valence-electron chi connectivity index (χ3n) is 5.86. The number of piperazine rings is 1. The molecule has 2 fully saturated rings. The molecule has 134 valence electrons. The third kappa shape index (κ3) is 4.13. The number of aromatic amines is 1. The van der Waals surface area contributed by atoms with Crippen molar-refractivity contribution in [1.29, 1.82) is 0 Å². The van der Waals surface area contributed by atoms with E-state index in [0.717, 1.165) is 18.3 Å². The van der Waals surface area contributed by atoms with E-state index in [9.17, 15) is 0 Å². The van der Waals surface area contributed by atoms with Gasteiger partial charge in [0.05, 0.1) is 5.69 Å². The van der Waals surface area contributed by atoms with E-state index in [0.29, 0.717) is 0 Å². The average Bonchev–Trinajstić information content (AvgIpc) is 3.28. The zero-order chi connectivity index (χ0) is 17.1. The second-order valence-corrected chi connectivity index (χ2v) is 7.75. The van der Waals surface area contributed by atoms with Crippen LogP contribution in [0.5, 0.6) is 0 Å². The zero-order valence-corrected chi connectivity index (χ0v) is 15.4. The average molecular weight is 338 g/mol. The number of aryl methyl sites for hydroxylation is 1. The smallest absolute Gasteiger partial charge is 0.137 e. The molecule has 0 bridgehead atoms. The quantitative estimate of drug-likeness (QED) is 0.903. The minimum Gasteiger partial charge on any atom is -0.342 e. The topological polar surface area (TPSA) is 35.2 Å². The molecule has 0 atom stereocenters. The lowest BCUT2D eigenvalue weighted by atomic mass is 10.1. The van der Waals surface area contributed by atoms with E-state index in [-0.39, 0.29) is 0 Å². The molecular weight excluding hydrogens is 308 g/mol. The molecule has 2 heterocycles. The first-order valence-corrected chi connectivity index (χ1v) is 9.83. The van der Waals surface area contributed by atoms with E-state index < -0.39 is 0 Å². The van der Waals surface area contributed by atoms with Crippen LogP contribution in [0.15, 0.2) is 30.3 Å². The van der Waals surface area contributed by atoms with Crippen LogP contribution in [0.25, 0.3) is 11.4 Å². The van der Waals surface area contributed by atoms with Gasteiger partial charge in [-0.25, -0.2) is 4.98 Å². The lowest BCUT2D eigenvalue weighted by molar-refractivity contribution is 0.113. The number of benzene rings is 1. The van der Waals surface area contributed by atoms with Crippen LogP contribution in [0, 0.1) is 12.8 Å². The van der Waals surface area contributed by atoms with Crippen molar-refractivity contribution in [1.82, 2.24) is 19.8 Å². The number of rotatable bonds is 5. The number of aromatic nitrogens is 2. The summed E-state index contributed by atoms with van der Waals surface area (Å²) in [7, 11) is 0. The highest BCUT2D eigenvalue weighted by Gasteiger charge is 2.23. The molecule has 2 aliphatic rings. The molecule has 2 aromatic rings. The van der Waals surface area contributed by atoms with Gasteiger partial charge in [0.15, 0.2) is 0 Å². The zero-order valence-electron chi connectivity index (χ0n) is 15.4. The summed E-state index contributed by atoms with van der Waals surface area (Å²) in [5.41, 5.74) is 3.56. The van der Waals surface area contributed by atoms with E-state index in [1.165, 1.54) is 75.4 Å². The van der Waals surface area contributed by atoms with Crippen molar-refractivity contribution in [2.24, 2.45) is 5.92 Å². The molecule has 0 unspecified atom stereocenters. The molecule has 4 nitrogen and oxygen atoms in total. The first kappa shape index (κ1) is 16.8. The van der Waals surface area contributed by atoms with Crippen LogP contribution in [0.4, 0.5) is 0 Å². The number of hydrogen-bond donors (Lipinski definition) is 1. The summed E-state index contributed by atoms with van der Waals surface area (Å²) in [6, 6.07) is 10.4. The molecule has 25 heavy (non-hydrogen) atoms. The molecule has 0 amide bonds. The van der Waals surface area contributed by atoms with Gasteiger partial charge in [-0.05, 0) is 25.7 Å². The Balaban J connectivity index is 1.32. The predicted octanol–water partition coefficient (Wildman–Crippen LogP) is 3.69. The van der Waals surface area contributed by atoms with Gasteiger partial charge in [-0.3, -0.25) is 4.90 Å². The summed E-state index contributed by atoms with van der Waals surface area (Å²) in [4.78, 5) is 13.6. The monoisotopic (exact) mass is 338 g/mol. The summed E-state index contributed by atoms with van der Waals surface area (Å²) >= 11 is 0. The van der Waals surface area contributed by atoms with Crippen molar-refractivity contribution < 1.29 is 0 Å². The van der Waals surface area contributed by atoms with Crippen molar-refractivity contribution in [3.63, 3.8) is 0 Å². The fourth-order valence-corrected chi connectivity index (χ4v) is 4.28. The second kappa shape index (κ2) is 7.71. The lowest BCUT2D eigenvalue weighted by Crippen LogP contribution is -2.47. The largest absolute Gasteiger partial charge is 0.342 e.